The molecule has 0 amide bonds. The Balaban J connectivity index is 1.62. The Labute approximate surface area is 125 Å². The number of aryl methyl sites for hydroxylation is 1. The van der Waals surface area contributed by atoms with E-state index in [4.69, 9.17) is 0 Å². The van der Waals surface area contributed by atoms with Gasteiger partial charge in [-0.1, -0.05) is 12.1 Å². The van der Waals surface area contributed by atoms with Gasteiger partial charge in [-0.3, -0.25) is 0 Å². The van der Waals surface area contributed by atoms with Gasteiger partial charge in [0.15, 0.2) is 0 Å². The maximum Gasteiger partial charge on any atom is 0.104 e. The monoisotopic (exact) mass is 287 g/mol. The van der Waals surface area contributed by atoms with Crippen molar-refractivity contribution in [1.29, 1.82) is 0 Å². The lowest BCUT2D eigenvalue weighted by molar-refractivity contribution is -0.914. The van der Waals surface area contributed by atoms with Crippen LogP contribution in [-0.4, -0.2) is 26.2 Å². The second-order valence-electron chi connectivity index (χ2n) is 5.76. The maximum atomic E-state index is 2.56. The first kappa shape index (κ1) is 13.7. The van der Waals surface area contributed by atoms with E-state index in [2.05, 4.69) is 53.8 Å². The van der Waals surface area contributed by atoms with Crippen molar-refractivity contribution < 1.29 is 4.90 Å². The molecule has 2 nitrogen and oxygen atoms in total. The van der Waals surface area contributed by atoms with E-state index in [9.17, 15) is 0 Å². The lowest BCUT2D eigenvalue weighted by atomic mass is 10.1. The molecule has 1 aromatic heterocycles. The van der Waals surface area contributed by atoms with Crippen LogP contribution >= 0.6 is 11.3 Å². The van der Waals surface area contributed by atoms with E-state index >= 15 is 0 Å². The quantitative estimate of drug-likeness (QED) is 0.910. The summed E-state index contributed by atoms with van der Waals surface area (Å²) in [5, 5.41) is 4.46. The summed E-state index contributed by atoms with van der Waals surface area (Å²) >= 11 is 1.81. The van der Waals surface area contributed by atoms with Crippen LogP contribution in [-0.2, 0) is 6.54 Å². The topological polar surface area (TPSA) is 7.68 Å². The number of nitrogens with one attached hydrogen (secondary N) is 1. The fourth-order valence-corrected chi connectivity index (χ4v) is 3.67. The lowest BCUT2D eigenvalue weighted by Crippen LogP contribution is -3.13. The molecule has 0 atom stereocenters. The number of anilines is 1. The highest BCUT2D eigenvalue weighted by Crippen LogP contribution is 2.22. The molecule has 1 aliphatic rings. The van der Waals surface area contributed by atoms with Crippen molar-refractivity contribution in [2.75, 3.05) is 31.1 Å². The average molecular weight is 287 g/mol. The maximum absolute atomic E-state index is 2.56. The molecule has 0 spiro atoms. The summed E-state index contributed by atoms with van der Waals surface area (Å²) in [6.07, 6.45) is 0. The van der Waals surface area contributed by atoms with E-state index in [-0.39, 0.29) is 0 Å². The largest absolute Gasteiger partial charge is 0.360 e. The SMILES string of the molecule is Cc1cccc(N2CC[NH+](Cc3ccsc3)CC2)c1C. The Bertz CT molecular complexity index is 554. The molecule has 2 heterocycles. The molecule has 0 aliphatic carbocycles. The predicted molar refractivity (Wildman–Crippen MR) is 86.8 cm³/mol. The van der Waals surface area contributed by atoms with E-state index in [0.29, 0.717) is 0 Å². The molecule has 1 aliphatic heterocycles. The second kappa shape index (κ2) is 5.98. The van der Waals surface area contributed by atoms with Crippen LogP contribution in [0.15, 0.2) is 35.0 Å². The third-order valence-electron chi connectivity index (χ3n) is 4.42. The fraction of sp³-hybridized carbons (Fsp3) is 0.412. The summed E-state index contributed by atoms with van der Waals surface area (Å²) in [5.74, 6) is 0. The normalized spacial score (nSPS) is 16.6. The number of rotatable bonds is 3. The van der Waals surface area contributed by atoms with Gasteiger partial charge < -0.3 is 9.80 Å². The van der Waals surface area contributed by atoms with Gasteiger partial charge >= 0.3 is 0 Å². The van der Waals surface area contributed by atoms with Crippen LogP contribution in [0.25, 0.3) is 0 Å². The van der Waals surface area contributed by atoms with Crippen LogP contribution in [0.5, 0.6) is 0 Å². The van der Waals surface area contributed by atoms with Gasteiger partial charge in [-0.25, -0.2) is 0 Å². The molecule has 0 saturated carbocycles. The van der Waals surface area contributed by atoms with Gasteiger partial charge in [-0.2, -0.15) is 11.3 Å². The molecule has 1 aromatic carbocycles. The van der Waals surface area contributed by atoms with Gasteiger partial charge in [0.1, 0.15) is 6.54 Å². The number of piperazine rings is 1. The first-order valence-corrected chi connectivity index (χ1v) is 8.34. The molecule has 0 unspecified atom stereocenters. The van der Waals surface area contributed by atoms with Gasteiger partial charge in [0.25, 0.3) is 0 Å². The number of benzene rings is 1. The van der Waals surface area contributed by atoms with Crippen molar-refractivity contribution in [3.8, 4) is 0 Å². The summed E-state index contributed by atoms with van der Waals surface area (Å²) < 4.78 is 0. The fourth-order valence-electron chi connectivity index (χ4n) is 3.00. The van der Waals surface area contributed by atoms with E-state index in [1.807, 2.05) is 0 Å². The highest BCUT2D eigenvalue weighted by Gasteiger charge is 2.21. The van der Waals surface area contributed by atoms with Crippen molar-refractivity contribution in [3.05, 3.63) is 51.7 Å². The minimum absolute atomic E-state index is 1.17. The average Bonchev–Trinajstić information content (AvgIpc) is 2.96. The Kier molecular flexibility index (Phi) is 4.08. The molecule has 3 heteroatoms. The van der Waals surface area contributed by atoms with Crippen LogP contribution in [0.1, 0.15) is 16.7 Å². The molecule has 1 saturated heterocycles. The summed E-state index contributed by atoms with van der Waals surface area (Å²) in [5.41, 5.74) is 5.76. The summed E-state index contributed by atoms with van der Waals surface area (Å²) in [7, 11) is 0. The van der Waals surface area contributed by atoms with Gasteiger partial charge in [-0.05, 0) is 47.9 Å². The summed E-state index contributed by atoms with van der Waals surface area (Å²) in [6.45, 7) is 10.5. The Morgan fingerprint density at radius 3 is 2.65 bits per heavy atom. The van der Waals surface area contributed by atoms with E-state index in [1.54, 1.807) is 16.2 Å². The standard InChI is InChI=1S/C17H22N2S/c1-14-4-3-5-17(15(14)2)19-9-7-18(8-10-19)12-16-6-11-20-13-16/h3-6,11,13H,7-10,12H2,1-2H3/p+1. The van der Waals surface area contributed by atoms with Crippen LogP contribution in [0.3, 0.4) is 0 Å². The van der Waals surface area contributed by atoms with E-state index in [0.717, 1.165) is 0 Å². The first-order chi connectivity index (χ1) is 9.74. The highest BCUT2D eigenvalue weighted by molar-refractivity contribution is 7.07. The van der Waals surface area contributed by atoms with Crippen LogP contribution in [0.2, 0.25) is 0 Å². The molecule has 1 N–H and O–H groups in total. The van der Waals surface area contributed by atoms with E-state index < -0.39 is 0 Å². The van der Waals surface area contributed by atoms with Crippen molar-refractivity contribution >= 4 is 17.0 Å². The predicted octanol–water partition coefficient (Wildman–Crippen LogP) is 2.27. The van der Waals surface area contributed by atoms with Crippen molar-refractivity contribution in [2.24, 2.45) is 0 Å². The molecular formula is C17H23N2S+. The number of quaternary nitrogens is 1. The van der Waals surface area contributed by atoms with Crippen LogP contribution < -0.4 is 9.80 Å². The number of hydrogen-bond donors (Lipinski definition) is 1. The molecule has 106 valence electrons. The molecule has 2 aromatic rings. The zero-order valence-corrected chi connectivity index (χ0v) is 13.2. The van der Waals surface area contributed by atoms with E-state index in [1.165, 1.54) is 55.1 Å². The van der Waals surface area contributed by atoms with Crippen molar-refractivity contribution in [1.82, 2.24) is 0 Å². The zero-order valence-electron chi connectivity index (χ0n) is 12.4. The molecule has 20 heavy (non-hydrogen) atoms. The van der Waals surface area contributed by atoms with Crippen LogP contribution in [0, 0.1) is 13.8 Å². The third kappa shape index (κ3) is 2.89. The molecule has 0 bridgehead atoms. The van der Waals surface area contributed by atoms with Crippen molar-refractivity contribution in [2.45, 2.75) is 20.4 Å². The smallest absolute Gasteiger partial charge is 0.104 e. The summed E-state index contributed by atoms with van der Waals surface area (Å²) in [4.78, 5) is 4.27. The Hall–Kier alpha value is -1.32. The highest BCUT2D eigenvalue weighted by atomic mass is 32.1. The van der Waals surface area contributed by atoms with Crippen molar-refractivity contribution in [3.63, 3.8) is 0 Å². The molecular weight excluding hydrogens is 264 g/mol. The third-order valence-corrected chi connectivity index (χ3v) is 5.15. The minimum Gasteiger partial charge on any atom is -0.360 e. The number of nitrogens with zero attached hydrogens (tertiary/aromatic N) is 1. The minimum atomic E-state index is 1.17. The molecule has 1 fully saturated rings. The van der Waals surface area contributed by atoms with Gasteiger partial charge in [0.05, 0.1) is 26.2 Å². The van der Waals surface area contributed by atoms with Gasteiger partial charge in [0.2, 0.25) is 0 Å². The molecule has 0 radical (unpaired) electrons. The zero-order chi connectivity index (χ0) is 13.9. The Morgan fingerprint density at radius 1 is 1.15 bits per heavy atom. The lowest BCUT2D eigenvalue weighted by Gasteiger charge is -2.34. The molecule has 3 rings (SSSR count). The number of hydrogen-bond acceptors (Lipinski definition) is 2. The van der Waals surface area contributed by atoms with Gasteiger partial charge in [-0.15, -0.1) is 0 Å². The first-order valence-electron chi connectivity index (χ1n) is 7.40. The number of thiophene rings is 1. The van der Waals surface area contributed by atoms with Gasteiger partial charge in [0, 0.05) is 11.3 Å². The Morgan fingerprint density at radius 2 is 1.95 bits per heavy atom. The summed E-state index contributed by atoms with van der Waals surface area (Å²) in [6, 6.07) is 8.92. The van der Waals surface area contributed by atoms with Crippen LogP contribution in [0.4, 0.5) is 5.69 Å². The second-order valence-corrected chi connectivity index (χ2v) is 6.54.